The van der Waals surface area contributed by atoms with Crippen LogP contribution in [0, 0.1) is 0 Å². The van der Waals surface area contributed by atoms with Gasteiger partial charge in [-0.05, 0) is 12.1 Å². The summed E-state index contributed by atoms with van der Waals surface area (Å²) in [6.45, 7) is 0.113. The smallest absolute Gasteiger partial charge is 0.321 e. The Morgan fingerprint density at radius 2 is 1.58 bits per heavy atom. The summed E-state index contributed by atoms with van der Waals surface area (Å²) < 4.78 is 10.7. The van der Waals surface area contributed by atoms with Crippen LogP contribution in [0.5, 0.6) is 5.75 Å². The van der Waals surface area contributed by atoms with Crippen LogP contribution in [0.2, 0.25) is 0 Å². The number of para-hydroxylation sites is 1. The predicted molar refractivity (Wildman–Crippen MR) is 94.4 cm³/mol. The van der Waals surface area contributed by atoms with Crippen molar-refractivity contribution in [2.24, 2.45) is 0 Å². The fourth-order valence-electron chi connectivity index (χ4n) is 2.10. The zero-order chi connectivity index (χ0) is 18.8. The van der Waals surface area contributed by atoms with Crippen molar-refractivity contribution in [2.45, 2.75) is 12.5 Å². The van der Waals surface area contributed by atoms with Gasteiger partial charge in [-0.3, -0.25) is 14.9 Å². The molecule has 0 unspecified atom stereocenters. The Morgan fingerprint density at radius 1 is 0.962 bits per heavy atom. The molecule has 3 amide bonds. The number of hydrogen-bond donors (Lipinski definition) is 2. The van der Waals surface area contributed by atoms with Crippen LogP contribution in [0.3, 0.4) is 0 Å². The summed E-state index contributed by atoms with van der Waals surface area (Å²) in [5, 5.41) is 4.39. The van der Waals surface area contributed by atoms with E-state index in [0.717, 1.165) is 0 Å². The van der Waals surface area contributed by atoms with Gasteiger partial charge in [0.05, 0.1) is 13.0 Å². The Balaban J connectivity index is 1.95. The van der Waals surface area contributed by atoms with Gasteiger partial charge in [-0.2, -0.15) is 0 Å². The van der Waals surface area contributed by atoms with Crippen LogP contribution >= 0.6 is 0 Å². The van der Waals surface area contributed by atoms with Crippen molar-refractivity contribution in [3.8, 4) is 5.75 Å². The molecule has 0 aliphatic heterocycles. The van der Waals surface area contributed by atoms with E-state index in [9.17, 15) is 14.4 Å². The summed E-state index contributed by atoms with van der Waals surface area (Å²) in [7, 11) is 1.38. The Labute approximate surface area is 151 Å². The molecule has 1 atom stereocenters. The maximum absolute atomic E-state index is 12.3. The largest absolute Gasteiger partial charge is 0.493 e. The monoisotopic (exact) mass is 356 g/mol. The van der Waals surface area contributed by atoms with Crippen LogP contribution in [0.25, 0.3) is 0 Å². The average Bonchev–Trinajstić information content (AvgIpc) is 2.67. The first-order valence-electron chi connectivity index (χ1n) is 8.05. The van der Waals surface area contributed by atoms with E-state index in [4.69, 9.17) is 9.47 Å². The van der Waals surface area contributed by atoms with E-state index < -0.39 is 24.0 Å². The molecule has 136 valence electrons. The highest BCUT2D eigenvalue weighted by Crippen LogP contribution is 2.18. The first-order valence-corrected chi connectivity index (χ1v) is 8.05. The van der Waals surface area contributed by atoms with Crippen LogP contribution < -0.4 is 15.4 Å². The third kappa shape index (κ3) is 5.94. The van der Waals surface area contributed by atoms with Gasteiger partial charge in [-0.1, -0.05) is 48.5 Å². The topological polar surface area (TPSA) is 93.7 Å². The van der Waals surface area contributed by atoms with Crippen LogP contribution in [0.15, 0.2) is 60.7 Å². The highest BCUT2D eigenvalue weighted by Gasteiger charge is 2.26. The number of imide groups is 1. The molecule has 26 heavy (non-hydrogen) atoms. The quantitative estimate of drug-likeness (QED) is 0.742. The van der Waals surface area contributed by atoms with Gasteiger partial charge in [0.15, 0.2) is 0 Å². The summed E-state index contributed by atoms with van der Waals surface area (Å²) in [6, 6.07) is 16.8. The van der Waals surface area contributed by atoms with E-state index in [1.165, 1.54) is 7.05 Å². The van der Waals surface area contributed by atoms with E-state index in [1.54, 1.807) is 42.5 Å². The normalized spacial score (nSPS) is 11.1. The molecule has 2 N–H and O–H groups in total. The van der Waals surface area contributed by atoms with Crippen molar-refractivity contribution in [3.63, 3.8) is 0 Å². The zero-order valence-corrected chi connectivity index (χ0v) is 14.3. The van der Waals surface area contributed by atoms with E-state index in [2.05, 4.69) is 10.6 Å². The van der Waals surface area contributed by atoms with Crippen molar-refractivity contribution < 1.29 is 23.9 Å². The minimum atomic E-state index is -1.22. The van der Waals surface area contributed by atoms with Crippen molar-refractivity contribution in [3.05, 3.63) is 66.2 Å². The number of ether oxygens (including phenoxy) is 2. The Kier molecular flexibility index (Phi) is 7.17. The Morgan fingerprint density at radius 3 is 2.19 bits per heavy atom. The molecule has 0 saturated heterocycles. The van der Waals surface area contributed by atoms with Crippen LogP contribution in [-0.4, -0.2) is 31.6 Å². The van der Waals surface area contributed by atoms with Crippen molar-refractivity contribution in [2.75, 3.05) is 13.7 Å². The van der Waals surface area contributed by atoms with Gasteiger partial charge < -0.3 is 14.8 Å². The van der Waals surface area contributed by atoms with Crippen molar-refractivity contribution in [1.82, 2.24) is 10.6 Å². The van der Waals surface area contributed by atoms with Gasteiger partial charge >= 0.3 is 12.0 Å². The minimum Gasteiger partial charge on any atom is -0.493 e. The van der Waals surface area contributed by atoms with Crippen molar-refractivity contribution >= 4 is 17.9 Å². The third-order valence-electron chi connectivity index (χ3n) is 3.37. The fourth-order valence-corrected chi connectivity index (χ4v) is 2.10. The summed E-state index contributed by atoms with van der Waals surface area (Å²) in [5.41, 5.74) is 0.464. The Hall–Kier alpha value is -3.35. The average molecular weight is 356 g/mol. The maximum atomic E-state index is 12.3. The predicted octanol–water partition coefficient (Wildman–Crippen LogP) is 2.20. The molecular formula is C19H20N2O5. The summed E-state index contributed by atoms with van der Waals surface area (Å²) in [5.74, 6) is -0.702. The second kappa shape index (κ2) is 9.83. The number of urea groups is 1. The molecule has 0 heterocycles. The molecule has 7 nitrogen and oxygen atoms in total. The SMILES string of the molecule is CNC(=O)NC(=O)[C@H](OC(=O)CCOc1ccccc1)c1ccccc1. The lowest BCUT2D eigenvalue weighted by Gasteiger charge is -2.17. The zero-order valence-electron chi connectivity index (χ0n) is 14.3. The summed E-state index contributed by atoms with van der Waals surface area (Å²) in [6.07, 6.45) is -1.26. The molecule has 0 aliphatic carbocycles. The molecule has 7 heteroatoms. The fraction of sp³-hybridized carbons (Fsp3) is 0.211. The molecule has 0 spiro atoms. The molecule has 0 radical (unpaired) electrons. The lowest BCUT2D eigenvalue weighted by molar-refractivity contribution is -0.156. The lowest BCUT2D eigenvalue weighted by Crippen LogP contribution is -2.41. The van der Waals surface area contributed by atoms with E-state index in [0.29, 0.717) is 11.3 Å². The van der Waals surface area contributed by atoms with Crippen molar-refractivity contribution in [1.29, 1.82) is 0 Å². The molecule has 0 saturated carbocycles. The van der Waals surface area contributed by atoms with Gasteiger partial charge in [-0.25, -0.2) is 4.79 Å². The first-order chi connectivity index (χ1) is 12.6. The number of esters is 1. The van der Waals surface area contributed by atoms with Gasteiger partial charge in [0, 0.05) is 12.6 Å². The third-order valence-corrected chi connectivity index (χ3v) is 3.37. The number of nitrogens with one attached hydrogen (secondary N) is 2. The number of benzene rings is 2. The van der Waals surface area contributed by atoms with Crippen LogP contribution in [-0.2, 0) is 14.3 Å². The standard InChI is InChI=1S/C19H20N2O5/c1-20-19(24)21-18(23)17(14-8-4-2-5-9-14)26-16(22)12-13-25-15-10-6-3-7-11-15/h2-11,17H,12-13H2,1H3,(H2,20,21,23,24)/t17-/m1/s1. The molecule has 2 aromatic rings. The molecular weight excluding hydrogens is 336 g/mol. The molecule has 2 rings (SSSR count). The molecule has 0 fully saturated rings. The first kappa shape index (κ1) is 19.0. The molecule has 0 bridgehead atoms. The van der Waals surface area contributed by atoms with Gasteiger partial charge in [0.1, 0.15) is 5.75 Å². The lowest BCUT2D eigenvalue weighted by atomic mass is 10.1. The van der Waals surface area contributed by atoms with Crippen LogP contribution in [0.4, 0.5) is 4.79 Å². The maximum Gasteiger partial charge on any atom is 0.321 e. The van der Waals surface area contributed by atoms with E-state index in [-0.39, 0.29) is 13.0 Å². The Bertz CT molecular complexity index is 734. The highest BCUT2D eigenvalue weighted by molar-refractivity contribution is 5.97. The number of amides is 3. The van der Waals surface area contributed by atoms with Gasteiger partial charge in [-0.15, -0.1) is 0 Å². The summed E-state index contributed by atoms with van der Waals surface area (Å²) >= 11 is 0. The number of rotatable bonds is 7. The van der Waals surface area contributed by atoms with Gasteiger partial charge in [0.25, 0.3) is 5.91 Å². The number of carbonyl (C=O) groups is 3. The van der Waals surface area contributed by atoms with E-state index in [1.807, 2.05) is 18.2 Å². The van der Waals surface area contributed by atoms with Gasteiger partial charge in [0.2, 0.25) is 6.10 Å². The molecule has 0 aromatic heterocycles. The van der Waals surface area contributed by atoms with E-state index >= 15 is 0 Å². The number of carbonyl (C=O) groups excluding carboxylic acids is 3. The highest BCUT2D eigenvalue weighted by atomic mass is 16.6. The number of hydrogen-bond acceptors (Lipinski definition) is 5. The second-order valence-electron chi connectivity index (χ2n) is 5.26. The summed E-state index contributed by atoms with van der Waals surface area (Å²) in [4.78, 5) is 35.7. The van der Waals surface area contributed by atoms with Crippen LogP contribution in [0.1, 0.15) is 18.1 Å². The molecule has 2 aromatic carbocycles. The second-order valence-corrected chi connectivity index (χ2v) is 5.26. The molecule has 0 aliphatic rings. The minimum absolute atomic E-state index is 0.0362.